The molecule has 0 bridgehead atoms. The second-order valence-electron chi connectivity index (χ2n) is 7.07. The average Bonchev–Trinajstić information content (AvgIpc) is 2.35. The predicted molar refractivity (Wildman–Crippen MR) is 82.5 cm³/mol. The normalized spacial score (nSPS) is 25.3. The van der Waals surface area contributed by atoms with Crippen molar-refractivity contribution in [1.29, 1.82) is 0 Å². The van der Waals surface area contributed by atoms with Crippen LogP contribution in [0.3, 0.4) is 0 Å². The molecule has 0 saturated carbocycles. The molecule has 1 saturated heterocycles. The van der Waals surface area contributed by atoms with Gasteiger partial charge in [0.2, 0.25) is 5.91 Å². The number of aliphatic hydroxyl groups excluding tert-OH is 1. The van der Waals surface area contributed by atoms with E-state index in [1.165, 1.54) is 0 Å². The number of amides is 1. The van der Waals surface area contributed by atoms with E-state index in [1.54, 1.807) is 6.92 Å². The van der Waals surface area contributed by atoms with Gasteiger partial charge < -0.3 is 15.3 Å². The number of carbonyl (C=O) groups is 1. The van der Waals surface area contributed by atoms with Crippen molar-refractivity contribution in [2.45, 2.75) is 59.6 Å². The second-order valence-corrected chi connectivity index (χ2v) is 7.07. The summed E-state index contributed by atoms with van der Waals surface area (Å²) in [6.45, 7) is 12.7. The van der Waals surface area contributed by atoms with E-state index in [4.69, 9.17) is 0 Å². The van der Waals surface area contributed by atoms with E-state index in [-0.39, 0.29) is 17.9 Å². The Balaban J connectivity index is 2.58. The van der Waals surface area contributed by atoms with Gasteiger partial charge in [-0.2, -0.15) is 0 Å². The zero-order valence-corrected chi connectivity index (χ0v) is 13.7. The van der Waals surface area contributed by atoms with Crippen molar-refractivity contribution in [1.82, 2.24) is 10.2 Å². The molecule has 20 heavy (non-hydrogen) atoms. The van der Waals surface area contributed by atoms with Crippen LogP contribution in [0.5, 0.6) is 0 Å². The molecule has 1 aliphatic heterocycles. The van der Waals surface area contributed by atoms with Crippen LogP contribution in [0.15, 0.2) is 0 Å². The molecule has 0 radical (unpaired) electrons. The number of carbonyl (C=O) groups excluding carboxylic acids is 1. The molecule has 0 aromatic heterocycles. The number of rotatable bonds is 6. The van der Waals surface area contributed by atoms with Crippen LogP contribution in [-0.4, -0.2) is 47.7 Å². The van der Waals surface area contributed by atoms with E-state index in [9.17, 15) is 9.90 Å². The number of aliphatic hydroxyl groups is 1. The average molecular weight is 284 g/mol. The van der Waals surface area contributed by atoms with Crippen LogP contribution >= 0.6 is 0 Å². The highest BCUT2D eigenvalue weighted by Gasteiger charge is 2.30. The Morgan fingerprint density at radius 3 is 2.45 bits per heavy atom. The molecule has 1 rings (SSSR count). The number of likely N-dealkylation sites (tertiary alicyclic amines) is 1. The van der Waals surface area contributed by atoms with E-state index in [0.717, 1.165) is 32.5 Å². The zero-order valence-electron chi connectivity index (χ0n) is 13.7. The summed E-state index contributed by atoms with van der Waals surface area (Å²) < 4.78 is 0. The highest BCUT2D eigenvalue weighted by molar-refractivity contribution is 5.73. The lowest BCUT2D eigenvalue weighted by Gasteiger charge is -2.39. The van der Waals surface area contributed by atoms with Gasteiger partial charge in [-0.1, -0.05) is 27.7 Å². The topological polar surface area (TPSA) is 52.6 Å². The number of nitrogens with zero attached hydrogens (tertiary/aromatic N) is 1. The van der Waals surface area contributed by atoms with Crippen molar-refractivity contribution < 1.29 is 9.90 Å². The molecule has 118 valence electrons. The van der Waals surface area contributed by atoms with Gasteiger partial charge in [0.15, 0.2) is 0 Å². The van der Waals surface area contributed by atoms with Crippen LogP contribution in [0, 0.1) is 17.8 Å². The maximum absolute atomic E-state index is 11.7. The third-order valence-electron chi connectivity index (χ3n) is 4.14. The first-order valence-electron chi connectivity index (χ1n) is 7.96. The standard InChI is InChI=1S/C16H32N2O2/c1-11(2)8-17-15-6-14(7-16(20)12(3)4)9-18(10-15)13(5)19/h11-12,14-17,20H,6-10H2,1-5H3. The maximum atomic E-state index is 11.7. The Morgan fingerprint density at radius 2 is 1.95 bits per heavy atom. The molecule has 0 aromatic carbocycles. The Bertz CT molecular complexity index is 305. The van der Waals surface area contributed by atoms with Crippen LogP contribution in [0.25, 0.3) is 0 Å². The lowest BCUT2D eigenvalue weighted by atomic mass is 9.86. The molecule has 1 fully saturated rings. The maximum Gasteiger partial charge on any atom is 0.219 e. The monoisotopic (exact) mass is 284 g/mol. The van der Waals surface area contributed by atoms with Crippen molar-refractivity contribution in [2.24, 2.45) is 17.8 Å². The first-order chi connectivity index (χ1) is 9.29. The summed E-state index contributed by atoms with van der Waals surface area (Å²) in [6, 6.07) is 0.361. The highest BCUT2D eigenvalue weighted by atomic mass is 16.3. The second kappa shape index (κ2) is 7.99. The summed E-state index contributed by atoms with van der Waals surface area (Å²) in [4.78, 5) is 13.6. The van der Waals surface area contributed by atoms with Gasteiger partial charge in [-0.3, -0.25) is 4.79 Å². The van der Waals surface area contributed by atoms with Gasteiger partial charge in [-0.05, 0) is 37.1 Å². The number of hydrogen-bond donors (Lipinski definition) is 2. The number of nitrogens with one attached hydrogen (secondary N) is 1. The SMILES string of the molecule is CC(=O)N1CC(CC(O)C(C)C)CC(NCC(C)C)C1. The Kier molecular flexibility index (Phi) is 6.96. The molecule has 3 unspecified atom stereocenters. The van der Waals surface area contributed by atoms with Gasteiger partial charge in [0.05, 0.1) is 6.10 Å². The first kappa shape index (κ1) is 17.4. The molecule has 3 atom stereocenters. The first-order valence-corrected chi connectivity index (χ1v) is 7.96. The lowest BCUT2D eigenvalue weighted by molar-refractivity contribution is -0.131. The predicted octanol–water partition coefficient (Wildman–Crippen LogP) is 1.88. The van der Waals surface area contributed by atoms with Crippen molar-refractivity contribution in [3.05, 3.63) is 0 Å². The summed E-state index contributed by atoms with van der Waals surface area (Å²) >= 11 is 0. The summed E-state index contributed by atoms with van der Waals surface area (Å²) in [5.41, 5.74) is 0. The number of piperidine rings is 1. The quantitative estimate of drug-likeness (QED) is 0.783. The van der Waals surface area contributed by atoms with E-state index >= 15 is 0 Å². The Morgan fingerprint density at radius 1 is 1.30 bits per heavy atom. The molecule has 1 aliphatic rings. The summed E-state index contributed by atoms with van der Waals surface area (Å²) in [5.74, 6) is 1.44. The minimum absolute atomic E-state index is 0.144. The number of hydrogen-bond acceptors (Lipinski definition) is 3. The Hall–Kier alpha value is -0.610. The van der Waals surface area contributed by atoms with Crippen molar-refractivity contribution >= 4 is 5.91 Å². The summed E-state index contributed by atoms with van der Waals surface area (Å²) in [5, 5.41) is 13.6. The van der Waals surface area contributed by atoms with Gasteiger partial charge in [-0.25, -0.2) is 0 Å². The van der Waals surface area contributed by atoms with Crippen molar-refractivity contribution in [3.63, 3.8) is 0 Å². The summed E-state index contributed by atoms with van der Waals surface area (Å²) in [7, 11) is 0. The molecule has 1 amide bonds. The van der Waals surface area contributed by atoms with Crippen molar-refractivity contribution in [2.75, 3.05) is 19.6 Å². The van der Waals surface area contributed by atoms with Gasteiger partial charge in [0.25, 0.3) is 0 Å². The van der Waals surface area contributed by atoms with E-state index < -0.39 is 0 Å². The van der Waals surface area contributed by atoms with E-state index in [1.807, 2.05) is 18.7 Å². The fraction of sp³-hybridized carbons (Fsp3) is 0.938. The minimum Gasteiger partial charge on any atom is -0.393 e. The molecule has 0 aromatic rings. The largest absolute Gasteiger partial charge is 0.393 e. The lowest BCUT2D eigenvalue weighted by Crippen LogP contribution is -2.51. The third-order valence-corrected chi connectivity index (χ3v) is 4.14. The molecular weight excluding hydrogens is 252 g/mol. The molecule has 2 N–H and O–H groups in total. The Labute approximate surface area is 123 Å². The smallest absolute Gasteiger partial charge is 0.219 e. The highest BCUT2D eigenvalue weighted by Crippen LogP contribution is 2.24. The summed E-state index contributed by atoms with van der Waals surface area (Å²) in [6.07, 6.45) is 1.58. The van der Waals surface area contributed by atoms with Gasteiger partial charge in [0.1, 0.15) is 0 Å². The van der Waals surface area contributed by atoms with Gasteiger partial charge in [0, 0.05) is 26.1 Å². The molecule has 1 heterocycles. The fourth-order valence-corrected chi connectivity index (χ4v) is 2.80. The molecule has 0 spiro atoms. The van der Waals surface area contributed by atoms with Crippen LogP contribution < -0.4 is 5.32 Å². The molecule has 4 heteroatoms. The minimum atomic E-state index is -0.266. The molecular formula is C16H32N2O2. The van der Waals surface area contributed by atoms with Crippen LogP contribution in [0.4, 0.5) is 0 Å². The van der Waals surface area contributed by atoms with Gasteiger partial charge >= 0.3 is 0 Å². The van der Waals surface area contributed by atoms with Crippen LogP contribution in [0.2, 0.25) is 0 Å². The van der Waals surface area contributed by atoms with Crippen LogP contribution in [0.1, 0.15) is 47.5 Å². The molecule has 4 nitrogen and oxygen atoms in total. The van der Waals surface area contributed by atoms with Crippen molar-refractivity contribution in [3.8, 4) is 0 Å². The van der Waals surface area contributed by atoms with Crippen LogP contribution in [-0.2, 0) is 4.79 Å². The van der Waals surface area contributed by atoms with E-state index in [2.05, 4.69) is 19.2 Å². The van der Waals surface area contributed by atoms with E-state index in [0.29, 0.717) is 17.9 Å². The molecule has 0 aliphatic carbocycles. The third kappa shape index (κ3) is 5.80. The van der Waals surface area contributed by atoms with Gasteiger partial charge in [-0.15, -0.1) is 0 Å². The zero-order chi connectivity index (χ0) is 15.3. The fourth-order valence-electron chi connectivity index (χ4n) is 2.80.